The molecule has 2 aromatic rings. The van der Waals surface area contributed by atoms with E-state index in [4.69, 9.17) is 0 Å². The Bertz CT molecular complexity index is 636. The van der Waals surface area contributed by atoms with Crippen LogP contribution in [0.2, 0.25) is 0 Å². The van der Waals surface area contributed by atoms with Crippen molar-refractivity contribution in [3.8, 4) is 0 Å². The van der Waals surface area contributed by atoms with Crippen LogP contribution in [0.15, 0.2) is 32.5 Å². The predicted molar refractivity (Wildman–Crippen MR) is 96.2 cm³/mol. The molecule has 0 radical (unpaired) electrons. The van der Waals surface area contributed by atoms with Crippen molar-refractivity contribution in [2.45, 2.75) is 20.4 Å². The summed E-state index contributed by atoms with van der Waals surface area (Å²) < 4.78 is 2.16. The zero-order chi connectivity index (χ0) is 15.4. The Morgan fingerprint density at radius 1 is 1.29 bits per heavy atom. The quantitative estimate of drug-likeness (QED) is 0.703. The maximum Gasteiger partial charge on any atom is 0.251 e. The van der Waals surface area contributed by atoms with Crippen molar-refractivity contribution in [2.24, 2.45) is 0 Å². The van der Waals surface area contributed by atoms with Crippen molar-refractivity contribution >= 4 is 54.8 Å². The number of thiophene rings is 1. The topological polar surface area (TPSA) is 41.1 Å². The molecule has 2 N–H and O–H groups in total. The summed E-state index contributed by atoms with van der Waals surface area (Å²) in [7, 11) is 0. The minimum absolute atomic E-state index is 0.0397. The highest BCUT2D eigenvalue weighted by Crippen LogP contribution is 2.32. The zero-order valence-corrected chi connectivity index (χ0v) is 15.8. The van der Waals surface area contributed by atoms with E-state index in [2.05, 4.69) is 48.6 Å². The Morgan fingerprint density at radius 3 is 2.67 bits per heavy atom. The van der Waals surface area contributed by atoms with Gasteiger partial charge in [-0.2, -0.15) is 0 Å². The second-order valence-electron chi connectivity index (χ2n) is 4.58. The Hall–Kier alpha value is -0.850. The Labute approximate surface area is 145 Å². The van der Waals surface area contributed by atoms with Gasteiger partial charge in [-0.25, -0.2) is 0 Å². The van der Waals surface area contributed by atoms with Crippen molar-refractivity contribution in [3.05, 3.63) is 48.5 Å². The van der Waals surface area contributed by atoms with E-state index in [1.165, 1.54) is 4.88 Å². The lowest BCUT2D eigenvalue weighted by Gasteiger charge is -2.11. The molecule has 0 saturated heterocycles. The molecule has 0 aliphatic carbocycles. The van der Waals surface area contributed by atoms with Gasteiger partial charge in [0.05, 0.1) is 3.79 Å². The molecule has 3 nitrogen and oxygen atoms in total. The predicted octanol–water partition coefficient (Wildman–Crippen LogP) is 4.94. The zero-order valence-electron chi connectivity index (χ0n) is 11.8. The fourth-order valence-corrected chi connectivity index (χ4v) is 3.99. The highest BCUT2D eigenvalue weighted by atomic mass is 79.9. The lowest BCUT2D eigenvalue weighted by molar-refractivity contribution is 0.0956. The monoisotopic (exact) mass is 430 g/mol. The molecular weight excluding hydrogens is 416 g/mol. The molecule has 6 heteroatoms. The van der Waals surface area contributed by atoms with Crippen molar-refractivity contribution in [1.82, 2.24) is 5.32 Å². The number of amides is 1. The lowest BCUT2D eigenvalue weighted by Crippen LogP contribution is -2.22. The molecule has 0 bridgehead atoms. The summed E-state index contributed by atoms with van der Waals surface area (Å²) in [6.07, 6.45) is 0. The average molecular weight is 432 g/mol. The fraction of sp³-hybridized carbons (Fsp3) is 0.267. The van der Waals surface area contributed by atoms with Gasteiger partial charge in [0.25, 0.3) is 5.91 Å². The maximum atomic E-state index is 11.9. The number of hydrogen-bond acceptors (Lipinski definition) is 3. The van der Waals surface area contributed by atoms with E-state index in [0.29, 0.717) is 12.1 Å². The number of halogens is 2. The van der Waals surface area contributed by atoms with Crippen molar-refractivity contribution < 1.29 is 4.79 Å². The van der Waals surface area contributed by atoms with Gasteiger partial charge >= 0.3 is 0 Å². The van der Waals surface area contributed by atoms with Gasteiger partial charge in [-0.3, -0.25) is 4.79 Å². The molecule has 112 valence electrons. The standard InChI is InChI=1S/C15H16Br2N2OS/c1-3-18-15(20)10-5-4-9(2)13(6-10)19-8-11-7-12(16)14(17)21-11/h4-7,19H,3,8H2,1-2H3,(H,18,20). The number of benzene rings is 1. The molecule has 0 fully saturated rings. The average Bonchev–Trinajstić information content (AvgIpc) is 2.77. The van der Waals surface area contributed by atoms with E-state index in [1.54, 1.807) is 11.3 Å². The number of hydrogen-bond donors (Lipinski definition) is 2. The van der Waals surface area contributed by atoms with E-state index < -0.39 is 0 Å². The molecule has 0 atom stereocenters. The fourth-order valence-electron chi connectivity index (χ4n) is 1.88. The van der Waals surface area contributed by atoms with Crippen LogP contribution in [0.1, 0.15) is 27.7 Å². The van der Waals surface area contributed by atoms with Crippen molar-refractivity contribution in [3.63, 3.8) is 0 Å². The second-order valence-corrected chi connectivity index (χ2v) is 7.89. The molecule has 0 aliphatic rings. The number of aryl methyl sites for hydroxylation is 1. The summed E-state index contributed by atoms with van der Waals surface area (Å²) in [4.78, 5) is 13.1. The van der Waals surface area contributed by atoms with Gasteiger partial charge in [-0.05, 0) is 69.5 Å². The summed E-state index contributed by atoms with van der Waals surface area (Å²) in [5.74, 6) is -0.0397. The van der Waals surface area contributed by atoms with Crippen molar-refractivity contribution in [2.75, 3.05) is 11.9 Å². The summed E-state index contributed by atoms with van der Waals surface area (Å²) in [5, 5.41) is 6.21. The normalized spacial score (nSPS) is 10.5. The van der Waals surface area contributed by atoms with E-state index >= 15 is 0 Å². The van der Waals surface area contributed by atoms with Crippen LogP contribution < -0.4 is 10.6 Å². The van der Waals surface area contributed by atoms with Crippen LogP contribution in [0.5, 0.6) is 0 Å². The molecule has 1 aromatic carbocycles. The summed E-state index contributed by atoms with van der Waals surface area (Å²) in [6.45, 7) is 5.31. The van der Waals surface area contributed by atoms with Gasteiger partial charge in [-0.1, -0.05) is 6.07 Å². The number of nitrogens with one attached hydrogen (secondary N) is 2. The minimum atomic E-state index is -0.0397. The summed E-state index contributed by atoms with van der Waals surface area (Å²) >= 11 is 8.67. The third-order valence-electron chi connectivity index (χ3n) is 2.99. The minimum Gasteiger partial charge on any atom is -0.380 e. The van der Waals surface area contributed by atoms with Gasteiger partial charge in [0.2, 0.25) is 0 Å². The molecule has 0 aliphatic heterocycles. The van der Waals surface area contributed by atoms with Gasteiger partial charge in [0.1, 0.15) is 0 Å². The molecule has 21 heavy (non-hydrogen) atoms. The second kappa shape index (κ2) is 7.42. The van der Waals surface area contributed by atoms with E-state index in [-0.39, 0.29) is 5.91 Å². The first-order chi connectivity index (χ1) is 10.0. The maximum absolute atomic E-state index is 11.9. The molecule has 0 spiro atoms. The van der Waals surface area contributed by atoms with E-state index in [1.807, 2.05) is 32.0 Å². The van der Waals surface area contributed by atoms with Crippen LogP contribution in [0.25, 0.3) is 0 Å². The van der Waals surface area contributed by atoms with Crippen LogP contribution in [0, 0.1) is 6.92 Å². The number of carbonyl (C=O) groups excluding carboxylic acids is 1. The van der Waals surface area contributed by atoms with Gasteiger partial charge in [-0.15, -0.1) is 11.3 Å². The molecule has 1 heterocycles. The number of carbonyl (C=O) groups is 1. The Morgan fingerprint density at radius 2 is 2.05 bits per heavy atom. The van der Waals surface area contributed by atoms with Crippen molar-refractivity contribution in [1.29, 1.82) is 0 Å². The van der Waals surface area contributed by atoms with Crippen LogP contribution in [0.4, 0.5) is 5.69 Å². The molecular formula is C15H16Br2N2OS. The molecule has 0 saturated carbocycles. The summed E-state index contributed by atoms with van der Waals surface area (Å²) in [6, 6.07) is 7.81. The van der Waals surface area contributed by atoms with Crippen LogP contribution in [-0.4, -0.2) is 12.5 Å². The van der Waals surface area contributed by atoms with Crippen LogP contribution in [0.3, 0.4) is 0 Å². The third-order valence-corrected chi connectivity index (χ3v) is 6.24. The first-order valence-corrected chi connectivity index (χ1v) is 8.98. The highest BCUT2D eigenvalue weighted by Gasteiger charge is 2.08. The van der Waals surface area contributed by atoms with E-state index in [9.17, 15) is 4.79 Å². The first kappa shape index (κ1) is 16.5. The smallest absolute Gasteiger partial charge is 0.251 e. The Balaban J connectivity index is 2.11. The highest BCUT2D eigenvalue weighted by molar-refractivity contribution is 9.13. The van der Waals surface area contributed by atoms with Gasteiger partial charge in [0, 0.05) is 33.7 Å². The first-order valence-electron chi connectivity index (χ1n) is 6.57. The molecule has 1 aromatic heterocycles. The summed E-state index contributed by atoms with van der Waals surface area (Å²) in [5.41, 5.74) is 2.79. The van der Waals surface area contributed by atoms with Crippen LogP contribution >= 0.6 is 43.2 Å². The molecule has 0 unspecified atom stereocenters. The lowest BCUT2D eigenvalue weighted by atomic mass is 10.1. The van der Waals surface area contributed by atoms with E-state index in [0.717, 1.165) is 26.1 Å². The van der Waals surface area contributed by atoms with Gasteiger partial charge < -0.3 is 10.6 Å². The molecule has 1 amide bonds. The SMILES string of the molecule is CCNC(=O)c1ccc(C)c(NCc2cc(Br)c(Br)s2)c1. The largest absolute Gasteiger partial charge is 0.380 e. The number of rotatable bonds is 5. The van der Waals surface area contributed by atoms with Gasteiger partial charge in [0.15, 0.2) is 0 Å². The third kappa shape index (κ3) is 4.31. The van der Waals surface area contributed by atoms with Crippen LogP contribution in [-0.2, 0) is 6.54 Å². The number of anilines is 1. The molecule has 2 rings (SSSR count). The Kier molecular flexibility index (Phi) is 5.84.